The van der Waals surface area contributed by atoms with Crippen molar-refractivity contribution in [2.24, 2.45) is 11.1 Å². The summed E-state index contributed by atoms with van der Waals surface area (Å²) < 4.78 is 82.5. The van der Waals surface area contributed by atoms with E-state index in [-0.39, 0.29) is 35.1 Å². The number of ether oxygens (including phenoxy) is 1. The lowest BCUT2D eigenvalue weighted by Gasteiger charge is -2.29. The van der Waals surface area contributed by atoms with E-state index in [9.17, 15) is 35.6 Å². The number of oxime groups is 1. The fraction of sp³-hybridized carbons (Fsp3) is 0.450. The summed E-state index contributed by atoms with van der Waals surface area (Å²) in [5, 5.41) is 5.48. The Morgan fingerprint density at radius 1 is 1.29 bits per heavy atom. The molecule has 8 nitrogen and oxygen atoms in total. The highest BCUT2D eigenvalue weighted by Crippen LogP contribution is 2.42. The lowest BCUT2D eigenvalue weighted by molar-refractivity contribution is -0.259. The van der Waals surface area contributed by atoms with E-state index in [1.807, 2.05) is 0 Å². The molecule has 0 saturated carbocycles. The Labute approximate surface area is 196 Å². The zero-order valence-electron chi connectivity index (χ0n) is 17.6. The highest BCUT2D eigenvalue weighted by molar-refractivity contribution is 7.90. The standard InChI is InChI=1S/C20H19ClF4N2O6S/c1-34(30,31)5-4-32-17(28)11-2-3-15(8-11)26-18(29)19(20(23,24)25)10-16(27-33-19)12-6-13(21)9-14(22)7-12/h2-3,6-7,9,11,15H,4-5,8,10H2,1H3,(H,26,29)/t11-,15+,19?/m1/s1. The zero-order chi connectivity index (χ0) is 25.3. The average molecular weight is 527 g/mol. The molecule has 1 N–H and O–H groups in total. The molecule has 1 aromatic rings. The summed E-state index contributed by atoms with van der Waals surface area (Å²) in [7, 11) is -3.34. The molecule has 186 valence electrons. The second-order valence-electron chi connectivity index (χ2n) is 7.89. The van der Waals surface area contributed by atoms with Gasteiger partial charge in [0.15, 0.2) is 9.84 Å². The van der Waals surface area contributed by atoms with Gasteiger partial charge in [-0.15, -0.1) is 0 Å². The van der Waals surface area contributed by atoms with Crippen molar-refractivity contribution in [3.8, 4) is 0 Å². The monoisotopic (exact) mass is 526 g/mol. The van der Waals surface area contributed by atoms with Gasteiger partial charge in [0.2, 0.25) is 0 Å². The number of carbonyl (C=O) groups excluding carboxylic acids is 2. The van der Waals surface area contributed by atoms with Crippen LogP contribution in [0.15, 0.2) is 35.5 Å². The minimum Gasteiger partial charge on any atom is -0.464 e. The molecular weight excluding hydrogens is 508 g/mol. The van der Waals surface area contributed by atoms with E-state index in [1.54, 1.807) is 0 Å². The van der Waals surface area contributed by atoms with Gasteiger partial charge in [-0.05, 0) is 24.6 Å². The summed E-state index contributed by atoms with van der Waals surface area (Å²) in [6.45, 7) is -0.367. The minimum atomic E-state index is -5.17. The van der Waals surface area contributed by atoms with Gasteiger partial charge < -0.3 is 14.9 Å². The maximum Gasteiger partial charge on any atom is 0.440 e. The van der Waals surface area contributed by atoms with E-state index in [0.717, 1.165) is 18.4 Å². The normalized spacial score (nSPS) is 24.5. The first-order valence-corrected chi connectivity index (χ1v) is 12.3. The van der Waals surface area contributed by atoms with Crippen LogP contribution in [0.3, 0.4) is 0 Å². The second kappa shape index (κ2) is 9.53. The molecule has 1 heterocycles. The SMILES string of the molecule is CS(=O)(=O)CCOC(=O)[C@@H]1C=C[C@H](NC(=O)C2(C(F)(F)F)CC(c3cc(F)cc(Cl)c3)=NO2)C1. The first kappa shape index (κ1) is 25.9. The van der Waals surface area contributed by atoms with Crippen molar-refractivity contribution >= 4 is 39.0 Å². The molecule has 0 radical (unpaired) electrons. The number of benzene rings is 1. The van der Waals surface area contributed by atoms with Crippen LogP contribution in [0.1, 0.15) is 18.4 Å². The summed E-state index contributed by atoms with van der Waals surface area (Å²) in [6.07, 6.45) is -2.64. The topological polar surface area (TPSA) is 111 Å². The van der Waals surface area contributed by atoms with Crippen molar-refractivity contribution in [3.05, 3.63) is 46.8 Å². The Hall–Kier alpha value is -2.67. The van der Waals surface area contributed by atoms with Gasteiger partial charge in [-0.1, -0.05) is 28.9 Å². The number of hydrogen-bond acceptors (Lipinski definition) is 7. The molecule has 1 aliphatic carbocycles. The predicted octanol–water partition coefficient (Wildman–Crippen LogP) is 2.55. The van der Waals surface area contributed by atoms with Crippen molar-refractivity contribution in [3.63, 3.8) is 0 Å². The van der Waals surface area contributed by atoms with Crippen molar-refractivity contribution < 1.29 is 45.1 Å². The first-order valence-electron chi connectivity index (χ1n) is 9.82. The van der Waals surface area contributed by atoms with E-state index in [1.165, 1.54) is 18.2 Å². The fourth-order valence-corrected chi connectivity index (χ4v) is 3.99. The molecule has 1 aliphatic heterocycles. The third-order valence-electron chi connectivity index (χ3n) is 5.15. The van der Waals surface area contributed by atoms with Crippen LogP contribution < -0.4 is 5.32 Å². The van der Waals surface area contributed by atoms with Gasteiger partial charge in [-0.3, -0.25) is 9.59 Å². The molecule has 2 aliphatic rings. The van der Waals surface area contributed by atoms with Crippen molar-refractivity contribution in [1.82, 2.24) is 5.32 Å². The molecule has 0 aromatic heterocycles. The Bertz CT molecular complexity index is 1130. The van der Waals surface area contributed by atoms with E-state index < -0.39 is 57.7 Å². The first-order chi connectivity index (χ1) is 15.7. The fourth-order valence-electron chi connectivity index (χ4n) is 3.38. The number of carbonyl (C=O) groups is 2. The smallest absolute Gasteiger partial charge is 0.440 e. The van der Waals surface area contributed by atoms with Crippen molar-refractivity contribution in [1.29, 1.82) is 0 Å². The van der Waals surface area contributed by atoms with Crippen molar-refractivity contribution in [2.45, 2.75) is 30.7 Å². The average Bonchev–Trinajstić information content (AvgIpc) is 3.34. The van der Waals surface area contributed by atoms with Gasteiger partial charge in [0.05, 0.1) is 23.8 Å². The van der Waals surface area contributed by atoms with Crippen LogP contribution in [0.2, 0.25) is 5.02 Å². The number of amides is 1. The number of alkyl halides is 3. The molecule has 3 atom stereocenters. The van der Waals surface area contributed by atoms with E-state index in [4.69, 9.17) is 16.3 Å². The summed E-state index contributed by atoms with van der Waals surface area (Å²) in [6, 6.07) is 2.12. The predicted molar refractivity (Wildman–Crippen MR) is 112 cm³/mol. The van der Waals surface area contributed by atoms with Gasteiger partial charge in [0.1, 0.15) is 12.4 Å². The van der Waals surface area contributed by atoms with Gasteiger partial charge in [0, 0.05) is 22.9 Å². The Kier molecular flexibility index (Phi) is 7.27. The second-order valence-corrected chi connectivity index (χ2v) is 10.6. The Morgan fingerprint density at radius 3 is 2.62 bits per heavy atom. The number of hydrogen-bond donors (Lipinski definition) is 1. The van der Waals surface area contributed by atoms with Crippen LogP contribution in [0, 0.1) is 11.7 Å². The molecule has 0 saturated heterocycles. The minimum absolute atomic E-state index is 0.0680. The third kappa shape index (κ3) is 5.87. The van der Waals surface area contributed by atoms with Crippen LogP contribution in [-0.2, 0) is 29.0 Å². The lowest BCUT2D eigenvalue weighted by atomic mass is 9.92. The van der Waals surface area contributed by atoms with Crippen LogP contribution in [0.25, 0.3) is 0 Å². The highest BCUT2D eigenvalue weighted by Gasteiger charge is 2.66. The molecule has 0 fully saturated rings. The molecule has 0 spiro atoms. The highest BCUT2D eigenvalue weighted by atomic mass is 35.5. The molecule has 34 heavy (non-hydrogen) atoms. The van der Waals surface area contributed by atoms with Gasteiger partial charge in [-0.25, -0.2) is 12.8 Å². The van der Waals surface area contributed by atoms with E-state index in [2.05, 4.69) is 15.3 Å². The summed E-state index contributed by atoms with van der Waals surface area (Å²) in [4.78, 5) is 29.3. The van der Waals surface area contributed by atoms with Crippen LogP contribution in [-0.4, -0.2) is 62.4 Å². The molecule has 1 aromatic carbocycles. The molecule has 14 heteroatoms. The zero-order valence-corrected chi connectivity index (χ0v) is 19.1. The molecule has 3 rings (SSSR count). The van der Waals surface area contributed by atoms with Crippen LogP contribution in [0.4, 0.5) is 17.6 Å². The molecule has 1 unspecified atom stereocenters. The Balaban J connectivity index is 1.65. The van der Waals surface area contributed by atoms with Gasteiger partial charge in [-0.2, -0.15) is 13.2 Å². The number of nitrogens with one attached hydrogen (secondary N) is 1. The number of sulfone groups is 1. The largest absolute Gasteiger partial charge is 0.464 e. The number of esters is 1. The number of halogens is 5. The molecule has 0 bridgehead atoms. The van der Waals surface area contributed by atoms with Gasteiger partial charge >= 0.3 is 17.7 Å². The summed E-state index contributed by atoms with van der Waals surface area (Å²) in [5.74, 6) is -4.36. The quantitative estimate of drug-likeness (QED) is 0.332. The van der Waals surface area contributed by atoms with E-state index in [0.29, 0.717) is 0 Å². The summed E-state index contributed by atoms with van der Waals surface area (Å²) >= 11 is 5.75. The van der Waals surface area contributed by atoms with Gasteiger partial charge in [0.25, 0.3) is 5.91 Å². The number of rotatable bonds is 7. The number of nitrogens with zero attached hydrogens (tertiary/aromatic N) is 1. The van der Waals surface area contributed by atoms with Crippen molar-refractivity contribution in [2.75, 3.05) is 18.6 Å². The molecule has 1 amide bonds. The maximum absolute atomic E-state index is 13.9. The summed E-state index contributed by atoms with van der Waals surface area (Å²) in [5.41, 5.74) is -3.74. The van der Waals surface area contributed by atoms with Crippen LogP contribution >= 0.6 is 11.6 Å². The third-order valence-corrected chi connectivity index (χ3v) is 6.28. The lowest BCUT2D eigenvalue weighted by Crippen LogP contribution is -2.58. The maximum atomic E-state index is 13.9. The van der Waals surface area contributed by atoms with Crippen LogP contribution in [0.5, 0.6) is 0 Å². The molecular formula is C20H19ClF4N2O6S. The Morgan fingerprint density at radius 2 is 2.00 bits per heavy atom. The van der Waals surface area contributed by atoms with E-state index >= 15 is 0 Å².